The van der Waals surface area contributed by atoms with Gasteiger partial charge in [0, 0.05) is 13.5 Å². The summed E-state index contributed by atoms with van der Waals surface area (Å²) >= 11 is 0. The minimum absolute atomic E-state index is 0.0282. The number of rotatable bonds is 6. The number of hydrogen-bond donors (Lipinski definition) is 0. The van der Waals surface area contributed by atoms with Gasteiger partial charge in [-0.1, -0.05) is 12.1 Å². The molecule has 0 aliphatic heterocycles. The lowest BCUT2D eigenvalue weighted by Gasteiger charge is -2.03. The number of benzene rings is 1. The van der Waals surface area contributed by atoms with Gasteiger partial charge in [0.25, 0.3) is 0 Å². The van der Waals surface area contributed by atoms with Crippen molar-refractivity contribution in [2.75, 3.05) is 6.61 Å². The van der Waals surface area contributed by atoms with E-state index in [0.29, 0.717) is 6.61 Å². The first-order chi connectivity index (χ1) is 10.0. The molecule has 0 aliphatic rings. The van der Waals surface area contributed by atoms with E-state index in [-0.39, 0.29) is 30.9 Å². The van der Waals surface area contributed by atoms with Gasteiger partial charge in [-0.15, -0.1) is 0 Å². The number of imidazole rings is 1. The topological polar surface area (TPSA) is 70.3 Å². The Labute approximate surface area is 121 Å². The number of aryl methyl sites for hydroxylation is 1. The largest absolute Gasteiger partial charge is 0.466 e. The number of fused-ring (bicyclic) bond motifs is 1. The molecule has 0 unspecified atom stereocenters. The average Bonchev–Trinajstić information content (AvgIpc) is 2.71. The summed E-state index contributed by atoms with van der Waals surface area (Å²) < 4.78 is 7.72. The maximum Gasteiger partial charge on any atom is 0.329 e. The van der Waals surface area contributed by atoms with Crippen molar-refractivity contribution in [1.82, 2.24) is 9.13 Å². The minimum atomic E-state index is -0.392. The van der Waals surface area contributed by atoms with Crippen molar-refractivity contribution in [2.24, 2.45) is 7.05 Å². The Kier molecular flexibility index (Phi) is 4.57. The van der Waals surface area contributed by atoms with Gasteiger partial charge in [-0.2, -0.15) is 0 Å². The van der Waals surface area contributed by atoms with Crippen LogP contribution in [0.25, 0.3) is 11.0 Å². The van der Waals surface area contributed by atoms with Gasteiger partial charge in [0.1, 0.15) is 0 Å². The number of aromatic nitrogens is 2. The third-order valence-electron chi connectivity index (χ3n) is 3.30. The number of carbonyl (C=O) groups excluding carboxylic acids is 2. The number of para-hydroxylation sites is 2. The third-order valence-corrected chi connectivity index (χ3v) is 3.30. The van der Waals surface area contributed by atoms with Crippen LogP contribution in [-0.4, -0.2) is 27.5 Å². The molecule has 0 saturated heterocycles. The Hall–Kier alpha value is -2.37. The fraction of sp³-hybridized carbons (Fsp3) is 0.400. The van der Waals surface area contributed by atoms with E-state index in [1.54, 1.807) is 20.0 Å². The van der Waals surface area contributed by atoms with Crippen LogP contribution in [-0.2, 0) is 27.9 Å². The van der Waals surface area contributed by atoms with Gasteiger partial charge < -0.3 is 4.74 Å². The normalized spacial score (nSPS) is 10.8. The molecule has 2 aromatic rings. The second-order valence-electron chi connectivity index (χ2n) is 4.76. The molecule has 0 amide bonds. The van der Waals surface area contributed by atoms with Crippen LogP contribution in [0.4, 0.5) is 0 Å². The molecule has 112 valence electrons. The lowest BCUT2D eigenvalue weighted by molar-refractivity contribution is -0.144. The summed E-state index contributed by atoms with van der Waals surface area (Å²) in [5, 5.41) is 0. The van der Waals surface area contributed by atoms with Gasteiger partial charge >= 0.3 is 11.7 Å². The van der Waals surface area contributed by atoms with Gasteiger partial charge in [0.15, 0.2) is 5.78 Å². The molecule has 2 rings (SSSR count). The van der Waals surface area contributed by atoms with Crippen molar-refractivity contribution in [2.45, 2.75) is 26.3 Å². The highest BCUT2D eigenvalue weighted by molar-refractivity contribution is 5.84. The maximum absolute atomic E-state index is 12.1. The van der Waals surface area contributed by atoms with E-state index in [4.69, 9.17) is 4.74 Å². The van der Waals surface area contributed by atoms with Crippen molar-refractivity contribution in [3.8, 4) is 0 Å². The summed E-state index contributed by atoms with van der Waals surface area (Å²) in [6.45, 7) is 1.99. The van der Waals surface area contributed by atoms with Gasteiger partial charge in [0.2, 0.25) is 0 Å². The zero-order valence-electron chi connectivity index (χ0n) is 12.2. The molecule has 1 heterocycles. The summed E-state index contributed by atoms with van der Waals surface area (Å²) in [7, 11) is 1.67. The number of ketones is 1. The van der Waals surface area contributed by atoms with Crippen molar-refractivity contribution in [3.63, 3.8) is 0 Å². The fourth-order valence-corrected chi connectivity index (χ4v) is 2.25. The van der Waals surface area contributed by atoms with Crippen LogP contribution >= 0.6 is 0 Å². The van der Waals surface area contributed by atoms with Gasteiger partial charge in [-0.25, -0.2) is 4.79 Å². The molecule has 0 aliphatic carbocycles. The molecule has 0 bridgehead atoms. The third kappa shape index (κ3) is 3.21. The van der Waals surface area contributed by atoms with Crippen LogP contribution < -0.4 is 5.69 Å². The van der Waals surface area contributed by atoms with E-state index in [1.807, 2.05) is 18.2 Å². The van der Waals surface area contributed by atoms with E-state index < -0.39 is 5.97 Å². The summed E-state index contributed by atoms with van der Waals surface area (Å²) in [5.41, 5.74) is 1.26. The van der Waals surface area contributed by atoms with Gasteiger partial charge in [-0.3, -0.25) is 18.7 Å². The molecule has 0 fully saturated rings. The number of ether oxygens (including phenoxy) is 1. The predicted molar refractivity (Wildman–Crippen MR) is 78.1 cm³/mol. The van der Waals surface area contributed by atoms with E-state index >= 15 is 0 Å². The molecule has 0 radical (unpaired) electrons. The Morgan fingerprint density at radius 2 is 1.81 bits per heavy atom. The Morgan fingerprint density at radius 3 is 2.48 bits per heavy atom. The van der Waals surface area contributed by atoms with Crippen molar-refractivity contribution in [3.05, 3.63) is 34.7 Å². The number of Topliss-reactive ketones (excluding diaryl/α,β-unsaturated/α-hetero) is 1. The van der Waals surface area contributed by atoms with Crippen LogP contribution in [0.5, 0.6) is 0 Å². The Morgan fingerprint density at radius 1 is 1.14 bits per heavy atom. The van der Waals surface area contributed by atoms with Crippen LogP contribution in [0.2, 0.25) is 0 Å². The van der Waals surface area contributed by atoms with Gasteiger partial charge in [-0.05, 0) is 19.1 Å². The van der Waals surface area contributed by atoms with E-state index in [9.17, 15) is 14.4 Å². The summed E-state index contributed by atoms with van der Waals surface area (Å²) in [6, 6.07) is 7.29. The number of carbonyl (C=O) groups is 2. The Balaban J connectivity index is 2.13. The summed E-state index contributed by atoms with van der Waals surface area (Å²) in [6.07, 6.45) is 0.126. The second-order valence-corrected chi connectivity index (χ2v) is 4.76. The van der Waals surface area contributed by atoms with E-state index in [1.165, 1.54) is 9.13 Å². The number of hydrogen-bond acceptors (Lipinski definition) is 4. The quantitative estimate of drug-likeness (QED) is 0.751. The zero-order valence-corrected chi connectivity index (χ0v) is 12.2. The lowest BCUT2D eigenvalue weighted by atomic mass is 10.2. The highest BCUT2D eigenvalue weighted by atomic mass is 16.5. The van der Waals surface area contributed by atoms with Crippen LogP contribution in [0.1, 0.15) is 19.8 Å². The van der Waals surface area contributed by atoms with Crippen LogP contribution in [0, 0.1) is 0 Å². The molecule has 6 nitrogen and oxygen atoms in total. The molecule has 21 heavy (non-hydrogen) atoms. The molecular weight excluding hydrogens is 272 g/mol. The average molecular weight is 290 g/mol. The maximum atomic E-state index is 12.1. The number of nitrogens with zero attached hydrogens (tertiary/aromatic N) is 2. The predicted octanol–water partition coefficient (Wildman–Crippen LogP) is 1.25. The fourth-order valence-electron chi connectivity index (χ4n) is 2.25. The van der Waals surface area contributed by atoms with Crippen LogP contribution in [0.15, 0.2) is 29.1 Å². The van der Waals surface area contributed by atoms with Crippen molar-refractivity contribution < 1.29 is 14.3 Å². The molecule has 6 heteroatoms. The van der Waals surface area contributed by atoms with E-state index in [0.717, 1.165) is 11.0 Å². The first-order valence-corrected chi connectivity index (χ1v) is 6.86. The molecule has 0 saturated carbocycles. The second kappa shape index (κ2) is 6.39. The first kappa shape index (κ1) is 15.0. The molecule has 0 N–H and O–H groups in total. The Bertz CT molecular complexity index is 727. The zero-order chi connectivity index (χ0) is 15.4. The molecular formula is C15H18N2O4. The summed E-state index contributed by atoms with van der Waals surface area (Å²) in [4.78, 5) is 35.3. The molecule has 1 aromatic heterocycles. The monoisotopic (exact) mass is 290 g/mol. The van der Waals surface area contributed by atoms with Crippen molar-refractivity contribution >= 4 is 22.8 Å². The smallest absolute Gasteiger partial charge is 0.329 e. The molecule has 0 spiro atoms. The minimum Gasteiger partial charge on any atom is -0.466 e. The number of esters is 1. The van der Waals surface area contributed by atoms with Gasteiger partial charge in [0.05, 0.1) is 30.6 Å². The van der Waals surface area contributed by atoms with E-state index in [2.05, 4.69) is 0 Å². The highest BCUT2D eigenvalue weighted by Gasteiger charge is 2.14. The SMILES string of the molecule is CCOC(=O)CCC(=O)Cn1c(=O)n(C)c2ccccc21. The van der Waals surface area contributed by atoms with Crippen molar-refractivity contribution in [1.29, 1.82) is 0 Å². The first-order valence-electron chi connectivity index (χ1n) is 6.86. The molecule has 1 aromatic carbocycles. The standard InChI is InChI=1S/C15H18N2O4/c1-3-21-14(19)9-8-11(18)10-17-13-7-5-4-6-12(13)16(2)15(17)20/h4-7H,3,8-10H2,1-2H3. The summed E-state index contributed by atoms with van der Waals surface area (Å²) in [5.74, 6) is -0.558. The highest BCUT2D eigenvalue weighted by Crippen LogP contribution is 2.11. The molecule has 0 atom stereocenters. The lowest BCUT2D eigenvalue weighted by Crippen LogP contribution is -2.25. The van der Waals surface area contributed by atoms with Crippen LogP contribution in [0.3, 0.4) is 0 Å².